The molecule has 6 nitrogen and oxygen atoms in total. The van der Waals surface area contributed by atoms with Crippen LogP contribution in [0.4, 0.5) is 5.69 Å². The van der Waals surface area contributed by atoms with Gasteiger partial charge in [0.2, 0.25) is 0 Å². The fourth-order valence-corrected chi connectivity index (χ4v) is 3.55. The maximum absolute atomic E-state index is 12.4. The van der Waals surface area contributed by atoms with E-state index in [0.717, 1.165) is 26.2 Å². The number of nitrogens with zero attached hydrogens (tertiary/aromatic N) is 2. The average molecular weight is 429 g/mol. The fraction of sp³-hybridized carbons (Fsp3) is 0.348. The molecule has 1 atom stereocenters. The molecule has 3 rings (SSSR count). The number of Topliss-reactive ketones (excluding diaryl/α,β-unsaturated/α-hetero) is 1. The Morgan fingerprint density at radius 3 is 2.30 bits per heavy atom. The van der Waals surface area contributed by atoms with Crippen LogP contribution in [0.3, 0.4) is 0 Å². The second kappa shape index (κ2) is 10.9. The Kier molecular flexibility index (Phi) is 7.99. The van der Waals surface area contributed by atoms with E-state index in [-0.39, 0.29) is 13.0 Å². The van der Waals surface area contributed by atoms with Gasteiger partial charge >= 0.3 is 5.97 Å². The van der Waals surface area contributed by atoms with Gasteiger partial charge in [0.1, 0.15) is 12.9 Å². The van der Waals surface area contributed by atoms with Crippen molar-refractivity contribution in [1.29, 1.82) is 0 Å². The highest BCUT2D eigenvalue weighted by Crippen LogP contribution is 2.16. The van der Waals surface area contributed by atoms with Gasteiger partial charge in [-0.15, -0.1) is 0 Å². The van der Waals surface area contributed by atoms with Crippen LogP contribution in [0.25, 0.3) is 0 Å². The molecule has 0 aliphatic carbocycles. The number of carbonyl (C=O) groups excluding carboxylic acids is 3. The highest BCUT2D eigenvalue weighted by atomic mass is 35.5. The van der Waals surface area contributed by atoms with E-state index in [4.69, 9.17) is 16.3 Å². The van der Waals surface area contributed by atoms with Crippen molar-refractivity contribution in [3.8, 4) is 0 Å². The Morgan fingerprint density at radius 1 is 1.00 bits per heavy atom. The van der Waals surface area contributed by atoms with Gasteiger partial charge in [-0.2, -0.15) is 0 Å². The van der Waals surface area contributed by atoms with Crippen molar-refractivity contribution in [2.45, 2.75) is 6.42 Å². The van der Waals surface area contributed by atoms with Crippen LogP contribution in [0.15, 0.2) is 54.6 Å². The number of ether oxygens (including phenoxy) is 1. The van der Waals surface area contributed by atoms with Crippen molar-refractivity contribution < 1.29 is 19.1 Å². The molecule has 1 fully saturated rings. The fourth-order valence-electron chi connectivity index (χ4n) is 3.43. The molecular weight excluding hydrogens is 404 g/mol. The topological polar surface area (TPSA) is 66.9 Å². The number of anilines is 1. The monoisotopic (exact) mass is 428 g/mol. The smallest absolute Gasteiger partial charge is 0.307 e. The molecule has 0 N–H and O–H groups in total. The lowest BCUT2D eigenvalue weighted by atomic mass is 9.96. The lowest BCUT2D eigenvalue weighted by Gasteiger charge is -2.35. The van der Waals surface area contributed by atoms with E-state index in [1.165, 1.54) is 5.69 Å². The first-order valence-electron chi connectivity index (χ1n) is 10.00. The third kappa shape index (κ3) is 6.15. The van der Waals surface area contributed by atoms with Crippen LogP contribution in [0.1, 0.15) is 16.8 Å². The molecule has 1 heterocycles. The van der Waals surface area contributed by atoms with Crippen molar-refractivity contribution in [3.63, 3.8) is 0 Å². The first-order chi connectivity index (χ1) is 14.6. The lowest BCUT2D eigenvalue weighted by Crippen LogP contribution is -2.47. The van der Waals surface area contributed by atoms with E-state index < -0.39 is 17.7 Å². The number of ketones is 1. The van der Waals surface area contributed by atoms with E-state index in [0.29, 0.717) is 23.4 Å². The normalized spacial score (nSPS) is 15.4. The summed E-state index contributed by atoms with van der Waals surface area (Å²) in [4.78, 5) is 40.4. The molecule has 7 heteroatoms. The summed E-state index contributed by atoms with van der Waals surface area (Å²) < 4.78 is 5.27. The predicted octanol–water partition coefficient (Wildman–Crippen LogP) is 3.09. The third-order valence-corrected chi connectivity index (χ3v) is 5.43. The number of piperazine rings is 1. The number of benzene rings is 2. The van der Waals surface area contributed by atoms with Crippen LogP contribution < -0.4 is 4.90 Å². The van der Waals surface area contributed by atoms with Gasteiger partial charge in [-0.1, -0.05) is 29.8 Å². The predicted molar refractivity (Wildman–Crippen MR) is 116 cm³/mol. The molecule has 0 radical (unpaired) electrons. The van der Waals surface area contributed by atoms with Crippen molar-refractivity contribution in [3.05, 3.63) is 65.2 Å². The average Bonchev–Trinajstić information content (AvgIpc) is 2.78. The molecule has 0 bridgehead atoms. The molecule has 30 heavy (non-hydrogen) atoms. The number of para-hydroxylation sites is 1. The number of aldehydes is 1. The van der Waals surface area contributed by atoms with E-state index in [1.807, 2.05) is 18.2 Å². The standard InChI is InChI=1S/C23H25ClN2O4/c24-20-8-6-18(7-9-20)23(29)19(17-27)16-22(28)30-15-14-25-10-12-26(13-11-25)21-4-2-1-3-5-21/h1-9,17,19H,10-16H2. The number of esters is 1. The first-order valence-corrected chi connectivity index (χ1v) is 10.4. The van der Waals surface area contributed by atoms with Gasteiger partial charge in [-0.05, 0) is 36.4 Å². The molecule has 1 aliphatic rings. The van der Waals surface area contributed by atoms with E-state index in [2.05, 4.69) is 21.9 Å². The van der Waals surface area contributed by atoms with Crippen molar-refractivity contribution in [2.75, 3.05) is 44.2 Å². The van der Waals surface area contributed by atoms with Crippen molar-refractivity contribution >= 4 is 35.3 Å². The number of hydrogen-bond acceptors (Lipinski definition) is 6. The second-order valence-electron chi connectivity index (χ2n) is 7.20. The summed E-state index contributed by atoms with van der Waals surface area (Å²) in [7, 11) is 0. The van der Waals surface area contributed by atoms with Gasteiger partial charge in [0.15, 0.2) is 5.78 Å². The minimum Gasteiger partial charge on any atom is -0.464 e. The Balaban J connectivity index is 1.38. The first kappa shape index (κ1) is 22.0. The Hall–Kier alpha value is -2.70. The van der Waals surface area contributed by atoms with Crippen LogP contribution in [-0.4, -0.2) is 62.3 Å². The Labute approximate surface area is 181 Å². The van der Waals surface area contributed by atoms with E-state index >= 15 is 0 Å². The SMILES string of the molecule is O=CC(CC(=O)OCCN1CCN(c2ccccc2)CC1)C(=O)c1ccc(Cl)cc1. The molecule has 0 saturated carbocycles. The summed E-state index contributed by atoms with van der Waals surface area (Å²) in [6.45, 7) is 4.48. The summed E-state index contributed by atoms with van der Waals surface area (Å²) in [5.74, 6) is -2.00. The van der Waals surface area contributed by atoms with Gasteiger partial charge < -0.3 is 14.4 Å². The molecule has 2 aromatic rings. The number of halogens is 1. The summed E-state index contributed by atoms with van der Waals surface area (Å²) in [6, 6.07) is 16.5. The zero-order valence-corrected chi connectivity index (χ0v) is 17.5. The molecule has 1 unspecified atom stereocenters. The number of rotatable bonds is 9. The minimum atomic E-state index is -1.05. The van der Waals surface area contributed by atoms with Crippen molar-refractivity contribution in [1.82, 2.24) is 4.90 Å². The molecular formula is C23H25ClN2O4. The highest BCUT2D eigenvalue weighted by Gasteiger charge is 2.24. The largest absolute Gasteiger partial charge is 0.464 e. The number of hydrogen-bond donors (Lipinski definition) is 0. The minimum absolute atomic E-state index is 0.241. The van der Waals surface area contributed by atoms with Crippen LogP contribution in [0, 0.1) is 5.92 Å². The highest BCUT2D eigenvalue weighted by molar-refractivity contribution is 6.30. The third-order valence-electron chi connectivity index (χ3n) is 5.18. The maximum atomic E-state index is 12.4. The summed E-state index contributed by atoms with van der Waals surface area (Å²) >= 11 is 5.81. The van der Waals surface area contributed by atoms with Crippen LogP contribution in [0.2, 0.25) is 5.02 Å². The molecule has 1 aliphatic heterocycles. The van der Waals surface area contributed by atoms with E-state index in [9.17, 15) is 14.4 Å². The molecule has 0 amide bonds. The Morgan fingerprint density at radius 2 is 1.67 bits per heavy atom. The summed E-state index contributed by atoms with van der Waals surface area (Å²) in [5.41, 5.74) is 1.56. The number of carbonyl (C=O) groups is 3. The van der Waals surface area contributed by atoms with Gasteiger partial charge in [0, 0.05) is 49.0 Å². The summed E-state index contributed by atoms with van der Waals surface area (Å²) in [5, 5.41) is 0.498. The maximum Gasteiger partial charge on any atom is 0.307 e. The molecule has 1 saturated heterocycles. The molecule has 0 spiro atoms. The second-order valence-corrected chi connectivity index (χ2v) is 7.64. The Bertz CT molecular complexity index is 849. The zero-order chi connectivity index (χ0) is 21.3. The van der Waals surface area contributed by atoms with Gasteiger partial charge in [0.25, 0.3) is 0 Å². The van der Waals surface area contributed by atoms with E-state index in [1.54, 1.807) is 24.3 Å². The lowest BCUT2D eigenvalue weighted by molar-refractivity contribution is -0.145. The van der Waals surface area contributed by atoms with Gasteiger partial charge in [-0.25, -0.2) is 0 Å². The molecule has 2 aromatic carbocycles. The van der Waals surface area contributed by atoms with Crippen LogP contribution >= 0.6 is 11.6 Å². The summed E-state index contributed by atoms with van der Waals surface area (Å²) in [6.07, 6.45) is 0.244. The molecule has 158 valence electrons. The quantitative estimate of drug-likeness (QED) is 0.264. The van der Waals surface area contributed by atoms with Crippen molar-refractivity contribution in [2.24, 2.45) is 5.92 Å². The van der Waals surface area contributed by atoms with Gasteiger partial charge in [0.05, 0.1) is 12.3 Å². The van der Waals surface area contributed by atoms with Crippen LogP contribution in [-0.2, 0) is 14.3 Å². The molecule has 0 aromatic heterocycles. The van der Waals surface area contributed by atoms with Gasteiger partial charge in [-0.3, -0.25) is 14.5 Å². The van der Waals surface area contributed by atoms with Crippen LogP contribution in [0.5, 0.6) is 0 Å². The zero-order valence-electron chi connectivity index (χ0n) is 16.7.